The molecule has 0 saturated carbocycles. The fourth-order valence-corrected chi connectivity index (χ4v) is 0.928. The molecular formula is C12H10NNaO3. The van der Waals surface area contributed by atoms with Crippen LogP contribution in [0.1, 0.15) is 0 Å². The smallest absolute Gasteiger partial charge is 0.508 e. The minimum atomic E-state index is -0.437. The Bertz CT molecular complexity index is 434. The Hall–Kier alpha value is -1.36. The molecule has 2 aromatic carbocycles. The second kappa shape index (κ2) is 8.75. The Morgan fingerprint density at radius 1 is 1.06 bits per heavy atom. The van der Waals surface area contributed by atoms with E-state index < -0.39 is 4.92 Å². The molecule has 0 heterocycles. The van der Waals surface area contributed by atoms with Crippen molar-refractivity contribution >= 4 is 5.69 Å². The predicted molar refractivity (Wildman–Crippen MR) is 60.0 cm³/mol. The van der Waals surface area contributed by atoms with E-state index in [1.54, 1.807) is 24.3 Å². The fourth-order valence-electron chi connectivity index (χ4n) is 0.928. The van der Waals surface area contributed by atoms with Crippen LogP contribution >= 0.6 is 0 Å². The first kappa shape index (κ1) is 15.6. The van der Waals surface area contributed by atoms with Crippen molar-refractivity contribution in [3.05, 3.63) is 70.8 Å². The van der Waals surface area contributed by atoms with Crippen LogP contribution in [0.15, 0.2) is 54.6 Å². The van der Waals surface area contributed by atoms with Gasteiger partial charge >= 0.3 is 29.6 Å². The van der Waals surface area contributed by atoms with E-state index in [1.807, 2.05) is 6.07 Å². The van der Waals surface area contributed by atoms with Crippen LogP contribution in [0.4, 0.5) is 5.69 Å². The molecule has 0 spiro atoms. The van der Waals surface area contributed by atoms with Crippen molar-refractivity contribution in [1.29, 1.82) is 0 Å². The Kier molecular flexibility index (Phi) is 8.05. The first-order valence-corrected chi connectivity index (χ1v) is 4.54. The standard InChI is InChI=1S/C6H4NO2.C6H6O.Na/c8-7(9)6-4-2-1-3-5-6;7-6-4-2-1-3-5-6;/h2-5H;1-5,7H;/q-1;;+1. The quantitative estimate of drug-likeness (QED) is 0.324. The minimum Gasteiger partial charge on any atom is -0.508 e. The minimum absolute atomic E-state index is 0. The molecule has 0 bridgehead atoms. The molecule has 0 saturated heterocycles. The van der Waals surface area contributed by atoms with E-state index >= 15 is 0 Å². The zero-order valence-corrected chi connectivity index (χ0v) is 11.4. The molecule has 5 heteroatoms. The third-order valence-corrected chi connectivity index (χ3v) is 1.67. The van der Waals surface area contributed by atoms with E-state index in [2.05, 4.69) is 6.07 Å². The average Bonchev–Trinajstić information content (AvgIpc) is 2.32. The van der Waals surface area contributed by atoms with Gasteiger partial charge in [0, 0.05) is 4.92 Å². The van der Waals surface area contributed by atoms with Gasteiger partial charge in [0.1, 0.15) is 5.75 Å². The van der Waals surface area contributed by atoms with Crippen LogP contribution in [0.2, 0.25) is 0 Å². The summed E-state index contributed by atoms with van der Waals surface area (Å²) in [5.74, 6) is 0.322. The zero-order valence-electron chi connectivity index (χ0n) is 9.41. The molecule has 1 N–H and O–H groups in total. The number of phenols is 1. The Labute approximate surface area is 121 Å². The molecule has 0 amide bonds. The van der Waals surface area contributed by atoms with Crippen LogP contribution in [0, 0.1) is 16.2 Å². The van der Waals surface area contributed by atoms with Gasteiger partial charge in [-0.05, 0) is 12.1 Å². The molecule has 0 aliphatic carbocycles. The molecule has 0 aromatic heterocycles. The summed E-state index contributed by atoms with van der Waals surface area (Å²) in [6.45, 7) is 0. The van der Waals surface area contributed by atoms with E-state index in [9.17, 15) is 10.1 Å². The molecule has 82 valence electrons. The van der Waals surface area contributed by atoms with Gasteiger partial charge in [-0.3, -0.25) is 10.1 Å². The molecular weight excluding hydrogens is 229 g/mol. The first-order chi connectivity index (χ1) is 7.70. The van der Waals surface area contributed by atoms with Crippen molar-refractivity contribution in [2.24, 2.45) is 0 Å². The number of rotatable bonds is 1. The number of non-ortho nitro benzene ring substituents is 1. The van der Waals surface area contributed by atoms with E-state index in [0.717, 1.165) is 0 Å². The van der Waals surface area contributed by atoms with E-state index in [1.165, 1.54) is 24.3 Å². The number of para-hydroxylation sites is 1. The van der Waals surface area contributed by atoms with Crippen molar-refractivity contribution in [3.63, 3.8) is 0 Å². The second-order valence-electron chi connectivity index (χ2n) is 2.85. The van der Waals surface area contributed by atoms with Crippen LogP contribution in [0.25, 0.3) is 0 Å². The normalized spacial score (nSPS) is 8.24. The number of nitro benzene ring substituents is 1. The number of aromatic hydroxyl groups is 1. The second-order valence-corrected chi connectivity index (χ2v) is 2.85. The van der Waals surface area contributed by atoms with Gasteiger partial charge in [0.15, 0.2) is 5.69 Å². The van der Waals surface area contributed by atoms with Gasteiger partial charge in [0.25, 0.3) is 0 Å². The third kappa shape index (κ3) is 6.73. The molecule has 0 atom stereocenters. The van der Waals surface area contributed by atoms with Crippen molar-refractivity contribution in [1.82, 2.24) is 0 Å². The Balaban J connectivity index is 0.000000292. The summed E-state index contributed by atoms with van der Waals surface area (Å²) in [4.78, 5) is 9.56. The van der Waals surface area contributed by atoms with Crippen LogP contribution in [0.5, 0.6) is 5.75 Å². The van der Waals surface area contributed by atoms with E-state index in [0.29, 0.717) is 5.75 Å². The topological polar surface area (TPSA) is 63.4 Å². The maximum absolute atomic E-state index is 9.99. The number of nitrogens with zero attached hydrogens (tertiary/aromatic N) is 1. The summed E-state index contributed by atoms with van der Waals surface area (Å²) >= 11 is 0. The largest absolute Gasteiger partial charge is 1.00 e. The molecule has 0 radical (unpaired) electrons. The fraction of sp³-hybridized carbons (Fsp3) is 0. The molecule has 0 aliphatic heterocycles. The summed E-state index contributed by atoms with van der Waals surface area (Å²) in [5.41, 5.74) is 0.105. The number of hydrogen-bond acceptors (Lipinski definition) is 3. The molecule has 2 rings (SSSR count). The third-order valence-electron chi connectivity index (χ3n) is 1.67. The van der Waals surface area contributed by atoms with E-state index in [-0.39, 0.29) is 35.2 Å². The monoisotopic (exact) mass is 239 g/mol. The number of phenolic OH excluding ortho intramolecular Hbond substituents is 1. The maximum Gasteiger partial charge on any atom is 1.00 e. The molecule has 0 fully saturated rings. The summed E-state index contributed by atoms with van der Waals surface area (Å²) in [6, 6.07) is 17.2. The van der Waals surface area contributed by atoms with Gasteiger partial charge in [-0.25, -0.2) is 0 Å². The molecule has 0 aliphatic rings. The van der Waals surface area contributed by atoms with Gasteiger partial charge in [0.05, 0.1) is 0 Å². The van der Waals surface area contributed by atoms with Gasteiger partial charge in [-0.2, -0.15) is 18.2 Å². The summed E-state index contributed by atoms with van der Waals surface area (Å²) < 4.78 is 0. The number of hydrogen-bond donors (Lipinski definition) is 1. The predicted octanol–water partition coefficient (Wildman–Crippen LogP) is -0.209. The molecule has 4 nitrogen and oxygen atoms in total. The Morgan fingerprint density at radius 2 is 1.59 bits per heavy atom. The summed E-state index contributed by atoms with van der Waals surface area (Å²) in [7, 11) is 0. The van der Waals surface area contributed by atoms with Gasteiger partial charge < -0.3 is 5.11 Å². The maximum atomic E-state index is 9.99. The van der Waals surface area contributed by atoms with Crippen molar-refractivity contribution in [2.45, 2.75) is 0 Å². The first-order valence-electron chi connectivity index (χ1n) is 4.54. The van der Waals surface area contributed by atoms with Gasteiger partial charge in [-0.15, -0.1) is 0 Å². The van der Waals surface area contributed by atoms with Crippen molar-refractivity contribution in [3.8, 4) is 5.75 Å². The number of nitro groups is 1. The SMILES string of the molecule is O=[N+]([O-])c1cc[c-]cc1.Oc1ccccc1.[Na+]. The van der Waals surface area contributed by atoms with Gasteiger partial charge in [-0.1, -0.05) is 30.3 Å². The van der Waals surface area contributed by atoms with Crippen LogP contribution in [-0.2, 0) is 0 Å². The number of benzene rings is 2. The molecule has 0 unspecified atom stereocenters. The van der Waals surface area contributed by atoms with Crippen LogP contribution in [0.3, 0.4) is 0 Å². The van der Waals surface area contributed by atoms with Crippen molar-refractivity contribution in [2.75, 3.05) is 0 Å². The van der Waals surface area contributed by atoms with Gasteiger partial charge in [0.2, 0.25) is 0 Å². The van der Waals surface area contributed by atoms with Crippen LogP contribution in [-0.4, -0.2) is 10.0 Å². The van der Waals surface area contributed by atoms with Crippen molar-refractivity contribution < 1.29 is 39.6 Å². The molecule has 2 aromatic rings. The summed E-state index contributed by atoms with van der Waals surface area (Å²) in [5, 5.41) is 18.6. The van der Waals surface area contributed by atoms with E-state index in [4.69, 9.17) is 5.11 Å². The van der Waals surface area contributed by atoms with Crippen LogP contribution < -0.4 is 29.6 Å². The average molecular weight is 239 g/mol. The summed E-state index contributed by atoms with van der Waals surface area (Å²) in [6.07, 6.45) is 0. The zero-order chi connectivity index (χ0) is 11.8. The molecule has 17 heavy (non-hydrogen) atoms. The Morgan fingerprint density at radius 3 is 1.88 bits per heavy atom.